The predicted molar refractivity (Wildman–Crippen MR) is 65.5 cm³/mol. The highest BCUT2D eigenvalue weighted by atomic mass is 16.3. The normalized spacial score (nSPS) is 22.2. The number of nitrogens with zero attached hydrogens (tertiary/aromatic N) is 1. The third kappa shape index (κ3) is 2.74. The highest BCUT2D eigenvalue weighted by Gasteiger charge is 2.20. The van der Waals surface area contributed by atoms with Crippen LogP contribution < -0.4 is 5.32 Å². The van der Waals surface area contributed by atoms with E-state index in [1.165, 1.54) is 12.0 Å². The second-order valence-corrected chi connectivity index (χ2v) is 4.41. The Hall–Kier alpha value is -1.06. The Morgan fingerprint density at radius 3 is 3.12 bits per heavy atom. The fourth-order valence-corrected chi connectivity index (χ4v) is 2.30. The molecule has 0 spiro atoms. The summed E-state index contributed by atoms with van der Waals surface area (Å²) >= 11 is 0. The first-order valence-electron chi connectivity index (χ1n) is 6.02. The van der Waals surface area contributed by atoms with E-state index in [-0.39, 0.29) is 0 Å². The Morgan fingerprint density at radius 1 is 1.50 bits per heavy atom. The van der Waals surface area contributed by atoms with Gasteiger partial charge in [0, 0.05) is 32.2 Å². The lowest BCUT2D eigenvalue weighted by molar-refractivity contribution is 0.149. The molecule has 1 saturated heterocycles. The number of rotatable bonds is 3. The average molecular weight is 220 g/mol. The van der Waals surface area contributed by atoms with Crippen molar-refractivity contribution >= 4 is 0 Å². The molecule has 3 heteroatoms. The van der Waals surface area contributed by atoms with Crippen LogP contribution in [0.25, 0.3) is 0 Å². The molecule has 0 radical (unpaired) electrons. The molecular formula is C13H20N2O. The first kappa shape index (κ1) is 11.4. The average Bonchev–Trinajstić information content (AvgIpc) is 2.30. The van der Waals surface area contributed by atoms with Gasteiger partial charge in [0.1, 0.15) is 5.75 Å². The summed E-state index contributed by atoms with van der Waals surface area (Å²) in [5.74, 6) is 0.362. The molecule has 0 amide bonds. The van der Waals surface area contributed by atoms with E-state index in [1.807, 2.05) is 12.1 Å². The number of phenols is 1. The molecule has 2 N–H and O–H groups in total. The van der Waals surface area contributed by atoms with Gasteiger partial charge in [-0.15, -0.1) is 0 Å². The number of hydrogen-bond donors (Lipinski definition) is 2. The van der Waals surface area contributed by atoms with E-state index in [9.17, 15) is 5.11 Å². The molecule has 0 saturated carbocycles. The van der Waals surface area contributed by atoms with Gasteiger partial charge in [-0.25, -0.2) is 0 Å². The highest BCUT2D eigenvalue weighted by Crippen LogP contribution is 2.16. The predicted octanol–water partition coefficient (Wildman–Crippen LogP) is 1.58. The number of benzene rings is 1. The maximum Gasteiger partial charge on any atom is 0.115 e. The number of aromatic hydroxyl groups is 1. The van der Waals surface area contributed by atoms with E-state index in [1.54, 1.807) is 6.07 Å². The van der Waals surface area contributed by atoms with Crippen molar-refractivity contribution < 1.29 is 5.11 Å². The van der Waals surface area contributed by atoms with Gasteiger partial charge in [0.15, 0.2) is 0 Å². The number of hydrogen-bond acceptors (Lipinski definition) is 3. The number of phenolic OH excluding ortho intramolecular Hbond substituents is 1. The number of nitrogens with one attached hydrogen (secondary N) is 1. The highest BCUT2D eigenvalue weighted by molar-refractivity contribution is 5.27. The molecule has 1 aliphatic rings. The number of piperazine rings is 1. The standard InChI is InChI=1S/C13H20N2O/c1-2-12-9-14-6-7-15(12)10-11-4-3-5-13(16)8-11/h3-5,8,12,14,16H,2,6-7,9-10H2,1H3. The van der Waals surface area contributed by atoms with Gasteiger partial charge < -0.3 is 10.4 Å². The summed E-state index contributed by atoms with van der Waals surface area (Å²) in [7, 11) is 0. The lowest BCUT2D eigenvalue weighted by Gasteiger charge is -2.35. The van der Waals surface area contributed by atoms with Gasteiger partial charge in [0.05, 0.1) is 0 Å². The van der Waals surface area contributed by atoms with E-state index < -0.39 is 0 Å². The Morgan fingerprint density at radius 2 is 2.38 bits per heavy atom. The van der Waals surface area contributed by atoms with Gasteiger partial charge >= 0.3 is 0 Å². The van der Waals surface area contributed by atoms with Gasteiger partial charge in [0.2, 0.25) is 0 Å². The van der Waals surface area contributed by atoms with Crippen LogP contribution in [-0.2, 0) is 6.54 Å². The molecule has 1 heterocycles. The van der Waals surface area contributed by atoms with Gasteiger partial charge in [-0.05, 0) is 24.1 Å². The first-order valence-corrected chi connectivity index (χ1v) is 6.02. The molecular weight excluding hydrogens is 200 g/mol. The van der Waals surface area contributed by atoms with Crippen molar-refractivity contribution in [2.75, 3.05) is 19.6 Å². The lowest BCUT2D eigenvalue weighted by Crippen LogP contribution is -2.50. The zero-order chi connectivity index (χ0) is 11.4. The molecule has 1 aliphatic heterocycles. The second-order valence-electron chi connectivity index (χ2n) is 4.41. The zero-order valence-corrected chi connectivity index (χ0v) is 9.82. The van der Waals surface area contributed by atoms with E-state index >= 15 is 0 Å². The van der Waals surface area contributed by atoms with Crippen molar-refractivity contribution in [2.45, 2.75) is 25.9 Å². The summed E-state index contributed by atoms with van der Waals surface area (Å²) in [6.45, 7) is 6.40. The third-order valence-corrected chi connectivity index (χ3v) is 3.24. The van der Waals surface area contributed by atoms with Crippen LogP contribution >= 0.6 is 0 Å². The largest absolute Gasteiger partial charge is 0.508 e. The fourth-order valence-electron chi connectivity index (χ4n) is 2.30. The molecule has 0 aromatic heterocycles. The van der Waals surface area contributed by atoms with Crippen LogP contribution in [0.2, 0.25) is 0 Å². The summed E-state index contributed by atoms with van der Waals surface area (Å²) in [6, 6.07) is 8.19. The molecule has 0 bridgehead atoms. The van der Waals surface area contributed by atoms with Crippen LogP contribution in [0.15, 0.2) is 24.3 Å². The minimum atomic E-state index is 0.362. The van der Waals surface area contributed by atoms with Gasteiger partial charge in [0.25, 0.3) is 0 Å². The van der Waals surface area contributed by atoms with Crippen molar-refractivity contribution in [3.63, 3.8) is 0 Å². The molecule has 3 nitrogen and oxygen atoms in total. The summed E-state index contributed by atoms with van der Waals surface area (Å²) < 4.78 is 0. The summed E-state index contributed by atoms with van der Waals surface area (Å²) in [6.07, 6.45) is 1.17. The Bertz CT molecular complexity index is 340. The SMILES string of the molecule is CCC1CNCCN1Cc1cccc(O)c1. The maximum absolute atomic E-state index is 9.43. The molecule has 1 atom stereocenters. The monoisotopic (exact) mass is 220 g/mol. The van der Waals surface area contributed by atoms with E-state index in [2.05, 4.69) is 23.2 Å². The summed E-state index contributed by atoms with van der Waals surface area (Å²) in [4.78, 5) is 2.49. The molecule has 1 aromatic carbocycles. The molecule has 1 unspecified atom stereocenters. The van der Waals surface area contributed by atoms with Crippen LogP contribution in [0.4, 0.5) is 0 Å². The third-order valence-electron chi connectivity index (χ3n) is 3.24. The van der Waals surface area contributed by atoms with E-state index in [0.717, 1.165) is 26.2 Å². The van der Waals surface area contributed by atoms with Crippen molar-refractivity contribution in [3.05, 3.63) is 29.8 Å². The molecule has 88 valence electrons. The van der Waals surface area contributed by atoms with Crippen molar-refractivity contribution in [3.8, 4) is 5.75 Å². The molecule has 16 heavy (non-hydrogen) atoms. The van der Waals surface area contributed by atoms with Crippen LogP contribution in [-0.4, -0.2) is 35.7 Å². The fraction of sp³-hybridized carbons (Fsp3) is 0.538. The van der Waals surface area contributed by atoms with Gasteiger partial charge in [-0.1, -0.05) is 19.1 Å². The summed E-state index contributed by atoms with van der Waals surface area (Å²) in [5, 5.41) is 12.9. The van der Waals surface area contributed by atoms with Gasteiger partial charge in [-0.3, -0.25) is 4.90 Å². The molecule has 1 aromatic rings. The Kier molecular flexibility index (Phi) is 3.80. The first-order chi connectivity index (χ1) is 7.79. The minimum absolute atomic E-state index is 0.362. The van der Waals surface area contributed by atoms with Crippen molar-refractivity contribution in [2.24, 2.45) is 0 Å². The molecule has 1 fully saturated rings. The Labute approximate surface area is 97.1 Å². The smallest absolute Gasteiger partial charge is 0.115 e. The van der Waals surface area contributed by atoms with Crippen molar-refractivity contribution in [1.29, 1.82) is 0 Å². The minimum Gasteiger partial charge on any atom is -0.508 e. The summed E-state index contributed by atoms with van der Waals surface area (Å²) in [5.41, 5.74) is 1.19. The van der Waals surface area contributed by atoms with E-state index in [0.29, 0.717) is 11.8 Å². The van der Waals surface area contributed by atoms with Crippen LogP contribution in [0.5, 0.6) is 5.75 Å². The van der Waals surface area contributed by atoms with Crippen LogP contribution in [0.1, 0.15) is 18.9 Å². The van der Waals surface area contributed by atoms with Crippen LogP contribution in [0, 0.1) is 0 Å². The second kappa shape index (κ2) is 5.32. The van der Waals surface area contributed by atoms with E-state index in [4.69, 9.17) is 0 Å². The lowest BCUT2D eigenvalue weighted by atomic mass is 10.1. The molecule has 2 rings (SSSR count). The van der Waals surface area contributed by atoms with Crippen LogP contribution in [0.3, 0.4) is 0 Å². The van der Waals surface area contributed by atoms with Gasteiger partial charge in [-0.2, -0.15) is 0 Å². The van der Waals surface area contributed by atoms with Crippen molar-refractivity contribution in [1.82, 2.24) is 10.2 Å². The zero-order valence-electron chi connectivity index (χ0n) is 9.82. The maximum atomic E-state index is 9.43. The Balaban J connectivity index is 2.02. The topological polar surface area (TPSA) is 35.5 Å². The quantitative estimate of drug-likeness (QED) is 0.811. The molecule has 0 aliphatic carbocycles.